The van der Waals surface area contributed by atoms with Gasteiger partial charge in [-0.05, 0) is 30.9 Å². The molecule has 0 spiro atoms. The van der Waals surface area contributed by atoms with Crippen molar-refractivity contribution in [2.24, 2.45) is 13.0 Å². The van der Waals surface area contributed by atoms with Gasteiger partial charge in [0.2, 0.25) is 0 Å². The molecule has 1 fully saturated rings. The van der Waals surface area contributed by atoms with Crippen LogP contribution in [-0.4, -0.2) is 40.0 Å². The number of nitrogens with one attached hydrogen (secondary N) is 2. The minimum Gasteiger partial charge on any atom is -0.352 e. The second-order valence-electron chi connectivity index (χ2n) is 6.83. The highest BCUT2D eigenvalue weighted by atomic mass is 16.2. The number of rotatable bonds is 6. The molecule has 1 saturated heterocycles. The molecule has 0 radical (unpaired) electrons. The third kappa shape index (κ3) is 4.49. The van der Waals surface area contributed by atoms with Gasteiger partial charge in [0, 0.05) is 32.9 Å². The van der Waals surface area contributed by atoms with Gasteiger partial charge >= 0.3 is 5.69 Å². The summed E-state index contributed by atoms with van der Waals surface area (Å²) in [7, 11) is 1.49. The van der Waals surface area contributed by atoms with Crippen molar-refractivity contribution in [3.8, 4) is 0 Å². The number of benzene rings is 1. The molecule has 3 rings (SSSR count). The fourth-order valence-electron chi connectivity index (χ4n) is 3.34. The lowest BCUT2D eigenvalue weighted by molar-refractivity contribution is 0.0949. The van der Waals surface area contributed by atoms with Crippen molar-refractivity contribution in [1.82, 2.24) is 19.8 Å². The average Bonchev–Trinajstić information content (AvgIpc) is 3.06. The molecule has 1 amide bonds. The van der Waals surface area contributed by atoms with E-state index in [0.717, 1.165) is 32.5 Å². The Hall–Kier alpha value is -2.67. The van der Waals surface area contributed by atoms with E-state index >= 15 is 0 Å². The van der Waals surface area contributed by atoms with Gasteiger partial charge < -0.3 is 9.88 Å². The maximum absolute atomic E-state index is 12.2. The summed E-state index contributed by atoms with van der Waals surface area (Å²) >= 11 is 0. The summed E-state index contributed by atoms with van der Waals surface area (Å²) in [5.41, 5.74) is 0.0936. The number of aromatic amines is 1. The summed E-state index contributed by atoms with van der Waals surface area (Å²) in [5.74, 6) is 0.0958. The van der Waals surface area contributed by atoms with Crippen LogP contribution in [0.5, 0.6) is 0 Å². The standard InChI is InChI=1S/C19H24N4O3/c1-22-13-16(18(25)21-19(22)26)17(24)20-9-7-15-8-10-23(12-15)11-14-5-3-2-4-6-14/h2-6,13,15H,7-12H2,1H3,(H,20,24)(H,21,25,26). The van der Waals surface area contributed by atoms with E-state index in [2.05, 4.69) is 39.5 Å². The monoisotopic (exact) mass is 356 g/mol. The van der Waals surface area contributed by atoms with Gasteiger partial charge in [0.1, 0.15) is 5.56 Å². The van der Waals surface area contributed by atoms with Gasteiger partial charge in [0.25, 0.3) is 11.5 Å². The van der Waals surface area contributed by atoms with Crippen LogP contribution in [0.25, 0.3) is 0 Å². The highest BCUT2D eigenvalue weighted by Gasteiger charge is 2.22. The summed E-state index contributed by atoms with van der Waals surface area (Å²) in [5, 5.41) is 2.79. The van der Waals surface area contributed by atoms with Gasteiger partial charge in [-0.3, -0.25) is 19.5 Å². The van der Waals surface area contributed by atoms with Crippen LogP contribution in [-0.2, 0) is 13.6 Å². The Labute approximate surface area is 151 Å². The van der Waals surface area contributed by atoms with Crippen LogP contribution in [0.15, 0.2) is 46.1 Å². The molecule has 0 aliphatic carbocycles. The largest absolute Gasteiger partial charge is 0.352 e. The van der Waals surface area contributed by atoms with Gasteiger partial charge in [-0.2, -0.15) is 0 Å². The van der Waals surface area contributed by atoms with Crippen molar-refractivity contribution in [1.29, 1.82) is 0 Å². The number of H-pyrrole nitrogens is 1. The Kier molecular flexibility index (Phi) is 5.68. The number of carbonyl (C=O) groups is 1. The smallest absolute Gasteiger partial charge is 0.328 e. The zero-order chi connectivity index (χ0) is 18.5. The zero-order valence-corrected chi connectivity index (χ0v) is 14.9. The molecule has 1 aromatic carbocycles. The number of amides is 1. The maximum Gasteiger partial charge on any atom is 0.328 e. The van der Waals surface area contributed by atoms with Crippen molar-refractivity contribution >= 4 is 5.91 Å². The molecule has 26 heavy (non-hydrogen) atoms. The van der Waals surface area contributed by atoms with Crippen molar-refractivity contribution in [3.63, 3.8) is 0 Å². The molecule has 2 heterocycles. The Morgan fingerprint density at radius 1 is 1.27 bits per heavy atom. The highest BCUT2D eigenvalue weighted by molar-refractivity contribution is 5.93. The second-order valence-corrected chi connectivity index (χ2v) is 6.83. The van der Waals surface area contributed by atoms with E-state index in [1.165, 1.54) is 23.4 Å². The first-order valence-electron chi connectivity index (χ1n) is 8.87. The fourth-order valence-corrected chi connectivity index (χ4v) is 3.34. The topological polar surface area (TPSA) is 87.2 Å². The SMILES string of the molecule is Cn1cc(C(=O)NCCC2CCN(Cc3ccccc3)C2)c(=O)[nH]c1=O. The lowest BCUT2D eigenvalue weighted by Gasteiger charge is -2.16. The molecule has 2 aromatic rings. The summed E-state index contributed by atoms with van der Waals surface area (Å²) in [6.45, 7) is 3.56. The quantitative estimate of drug-likeness (QED) is 0.798. The predicted molar refractivity (Wildman–Crippen MR) is 99.1 cm³/mol. The molecule has 0 saturated carbocycles. The normalized spacial score (nSPS) is 17.3. The number of likely N-dealkylation sites (tertiary alicyclic amines) is 1. The number of aromatic nitrogens is 2. The summed E-state index contributed by atoms with van der Waals surface area (Å²) in [6, 6.07) is 10.4. The number of aryl methyl sites for hydroxylation is 1. The van der Waals surface area contributed by atoms with Gasteiger partial charge in [-0.15, -0.1) is 0 Å². The van der Waals surface area contributed by atoms with Gasteiger partial charge in [0.05, 0.1) is 0 Å². The van der Waals surface area contributed by atoms with Crippen LogP contribution >= 0.6 is 0 Å². The molecular formula is C19H24N4O3. The third-order valence-electron chi connectivity index (χ3n) is 4.81. The zero-order valence-electron chi connectivity index (χ0n) is 14.9. The van der Waals surface area contributed by atoms with Crippen LogP contribution in [0.3, 0.4) is 0 Å². The number of hydrogen-bond acceptors (Lipinski definition) is 4. The maximum atomic E-state index is 12.2. The average molecular weight is 356 g/mol. The van der Waals surface area contributed by atoms with E-state index in [1.807, 2.05) is 6.07 Å². The molecule has 1 atom stereocenters. The van der Waals surface area contributed by atoms with E-state index < -0.39 is 17.2 Å². The minimum atomic E-state index is -0.652. The second kappa shape index (κ2) is 8.14. The van der Waals surface area contributed by atoms with Crippen molar-refractivity contribution < 1.29 is 4.79 Å². The first kappa shape index (κ1) is 18.1. The van der Waals surface area contributed by atoms with Crippen LogP contribution < -0.4 is 16.6 Å². The Morgan fingerprint density at radius 2 is 2.04 bits per heavy atom. The number of hydrogen-bond donors (Lipinski definition) is 2. The molecule has 2 N–H and O–H groups in total. The molecule has 1 aliphatic heterocycles. The number of carbonyl (C=O) groups excluding carboxylic acids is 1. The van der Waals surface area contributed by atoms with Crippen LogP contribution in [0.1, 0.15) is 28.8 Å². The van der Waals surface area contributed by atoms with E-state index in [0.29, 0.717) is 12.5 Å². The molecular weight excluding hydrogens is 332 g/mol. The van der Waals surface area contributed by atoms with E-state index in [-0.39, 0.29) is 5.56 Å². The highest BCUT2D eigenvalue weighted by Crippen LogP contribution is 2.21. The van der Waals surface area contributed by atoms with Gasteiger partial charge in [0.15, 0.2) is 0 Å². The summed E-state index contributed by atoms with van der Waals surface area (Å²) in [6.07, 6.45) is 3.26. The Balaban J connectivity index is 1.45. The first-order chi connectivity index (χ1) is 12.5. The molecule has 7 nitrogen and oxygen atoms in total. The first-order valence-corrected chi connectivity index (χ1v) is 8.87. The molecule has 1 aromatic heterocycles. The third-order valence-corrected chi connectivity index (χ3v) is 4.81. The fraction of sp³-hybridized carbons (Fsp3) is 0.421. The van der Waals surface area contributed by atoms with Crippen LogP contribution in [0.4, 0.5) is 0 Å². The van der Waals surface area contributed by atoms with Crippen LogP contribution in [0, 0.1) is 5.92 Å². The van der Waals surface area contributed by atoms with Gasteiger partial charge in [-0.25, -0.2) is 4.79 Å². The van der Waals surface area contributed by atoms with Gasteiger partial charge in [-0.1, -0.05) is 30.3 Å². The van der Waals surface area contributed by atoms with Crippen molar-refractivity contribution in [2.45, 2.75) is 19.4 Å². The lowest BCUT2D eigenvalue weighted by atomic mass is 10.1. The summed E-state index contributed by atoms with van der Waals surface area (Å²) in [4.78, 5) is 39.8. The van der Waals surface area contributed by atoms with E-state index in [1.54, 1.807) is 0 Å². The minimum absolute atomic E-state index is 0.0378. The van der Waals surface area contributed by atoms with Crippen LogP contribution in [0.2, 0.25) is 0 Å². The lowest BCUT2D eigenvalue weighted by Crippen LogP contribution is -2.36. The van der Waals surface area contributed by atoms with E-state index in [9.17, 15) is 14.4 Å². The Morgan fingerprint density at radius 3 is 2.81 bits per heavy atom. The molecule has 1 aliphatic rings. The predicted octanol–water partition coefficient (Wildman–Crippen LogP) is 0.716. The molecule has 1 unspecified atom stereocenters. The number of nitrogens with zero attached hydrogens (tertiary/aromatic N) is 2. The molecule has 7 heteroatoms. The van der Waals surface area contributed by atoms with Crippen molar-refractivity contribution in [2.75, 3.05) is 19.6 Å². The Bertz CT molecular complexity index is 872. The molecule has 138 valence electrons. The summed E-state index contributed by atoms with van der Waals surface area (Å²) < 4.78 is 1.19. The molecule has 0 bridgehead atoms. The van der Waals surface area contributed by atoms with Crippen molar-refractivity contribution in [3.05, 3.63) is 68.5 Å². The van der Waals surface area contributed by atoms with E-state index in [4.69, 9.17) is 0 Å².